The molecule has 192 valence electrons. The first-order chi connectivity index (χ1) is 18.3. The molecule has 6 aromatic rings. The standard InChI is InChI=1S/C28H22F2N4O3S/c1-16-7-8-21(31-13-16)18-6-4-5-17(9-18)15-36-23-10-19(35-3)11-24-20(23)12-25(37-24)22-14-34-27(32-22)38-26(33-34)28(2,29)30/h4-14H,15H2,1-3H3. The Balaban J connectivity index is 1.30. The van der Waals surface area contributed by atoms with Gasteiger partial charge in [0.2, 0.25) is 4.96 Å². The van der Waals surface area contributed by atoms with Crippen LogP contribution in [-0.2, 0) is 12.5 Å². The number of alkyl halides is 2. The van der Waals surface area contributed by atoms with Crippen molar-refractivity contribution in [3.05, 3.63) is 83.1 Å². The van der Waals surface area contributed by atoms with Crippen molar-refractivity contribution in [1.82, 2.24) is 19.6 Å². The second-order valence-corrected chi connectivity index (χ2v) is 9.96. The third-order valence-electron chi connectivity index (χ3n) is 6.01. The van der Waals surface area contributed by atoms with Gasteiger partial charge >= 0.3 is 0 Å². The number of nitrogens with zero attached hydrogens (tertiary/aromatic N) is 4. The van der Waals surface area contributed by atoms with E-state index in [1.54, 1.807) is 25.4 Å². The lowest BCUT2D eigenvalue weighted by atomic mass is 10.1. The van der Waals surface area contributed by atoms with Crippen molar-refractivity contribution in [2.24, 2.45) is 0 Å². The highest BCUT2D eigenvalue weighted by Crippen LogP contribution is 2.38. The van der Waals surface area contributed by atoms with Gasteiger partial charge in [0.1, 0.15) is 29.4 Å². The summed E-state index contributed by atoms with van der Waals surface area (Å²) in [7, 11) is 1.57. The molecule has 0 radical (unpaired) electrons. The fourth-order valence-corrected chi connectivity index (χ4v) is 4.87. The fourth-order valence-electron chi connectivity index (χ4n) is 4.06. The van der Waals surface area contributed by atoms with Crippen LogP contribution in [0.3, 0.4) is 0 Å². The second-order valence-electron chi connectivity index (χ2n) is 9.01. The van der Waals surface area contributed by atoms with Gasteiger partial charge in [-0.2, -0.15) is 13.9 Å². The van der Waals surface area contributed by atoms with Crippen LogP contribution in [0, 0.1) is 6.92 Å². The highest BCUT2D eigenvalue weighted by atomic mass is 32.1. The molecule has 4 aromatic heterocycles. The Kier molecular flexibility index (Phi) is 5.83. The van der Waals surface area contributed by atoms with Gasteiger partial charge in [-0.15, -0.1) is 0 Å². The molecule has 0 fully saturated rings. The van der Waals surface area contributed by atoms with E-state index in [-0.39, 0.29) is 5.01 Å². The molecule has 10 heteroatoms. The van der Waals surface area contributed by atoms with E-state index in [1.165, 1.54) is 4.52 Å². The molecule has 6 rings (SSSR count). The minimum Gasteiger partial charge on any atom is -0.496 e. The summed E-state index contributed by atoms with van der Waals surface area (Å²) in [6.07, 6.45) is 3.42. The number of fused-ring (bicyclic) bond motifs is 2. The molecule has 0 atom stereocenters. The van der Waals surface area contributed by atoms with Crippen LogP contribution in [0.15, 0.2) is 71.4 Å². The molecular weight excluding hydrogens is 510 g/mol. The van der Waals surface area contributed by atoms with Crippen molar-refractivity contribution in [2.75, 3.05) is 7.11 Å². The van der Waals surface area contributed by atoms with Crippen LogP contribution in [0.4, 0.5) is 8.78 Å². The number of furan rings is 1. The van der Waals surface area contributed by atoms with E-state index in [4.69, 9.17) is 13.9 Å². The average Bonchev–Trinajstić information content (AvgIpc) is 3.60. The number of hydrogen-bond donors (Lipinski definition) is 0. The monoisotopic (exact) mass is 532 g/mol. The number of halogens is 2. The molecular formula is C28H22F2N4O3S. The maximum Gasteiger partial charge on any atom is 0.298 e. The van der Waals surface area contributed by atoms with Gasteiger partial charge in [0, 0.05) is 30.8 Å². The van der Waals surface area contributed by atoms with Gasteiger partial charge < -0.3 is 13.9 Å². The van der Waals surface area contributed by atoms with Crippen molar-refractivity contribution in [3.8, 4) is 34.2 Å². The van der Waals surface area contributed by atoms with Crippen molar-refractivity contribution in [2.45, 2.75) is 26.4 Å². The summed E-state index contributed by atoms with van der Waals surface area (Å²) in [4.78, 5) is 9.30. The summed E-state index contributed by atoms with van der Waals surface area (Å²) >= 11 is 0.842. The third-order valence-corrected chi connectivity index (χ3v) is 7.10. The first kappa shape index (κ1) is 24.1. The molecule has 0 saturated carbocycles. The van der Waals surface area contributed by atoms with Crippen LogP contribution in [-0.4, -0.2) is 26.7 Å². The lowest BCUT2D eigenvalue weighted by Crippen LogP contribution is -2.06. The van der Waals surface area contributed by atoms with Crippen LogP contribution in [0.2, 0.25) is 0 Å². The van der Waals surface area contributed by atoms with Crippen LogP contribution >= 0.6 is 11.3 Å². The molecule has 0 spiro atoms. The van der Waals surface area contributed by atoms with E-state index in [0.717, 1.165) is 46.0 Å². The lowest BCUT2D eigenvalue weighted by molar-refractivity contribution is 0.0163. The summed E-state index contributed by atoms with van der Waals surface area (Å²) in [5.74, 6) is -1.40. The topological polar surface area (TPSA) is 74.7 Å². The number of methoxy groups -OCH3 is 1. The number of ether oxygens (including phenoxy) is 2. The number of benzene rings is 2. The fraction of sp³-hybridized carbons (Fsp3) is 0.179. The molecule has 4 heterocycles. The zero-order valence-electron chi connectivity index (χ0n) is 20.7. The van der Waals surface area contributed by atoms with Gasteiger partial charge in [0.25, 0.3) is 5.92 Å². The Hall–Kier alpha value is -4.31. The molecule has 0 aliphatic carbocycles. The molecule has 7 nitrogen and oxygen atoms in total. The van der Waals surface area contributed by atoms with Crippen LogP contribution in [0.1, 0.15) is 23.1 Å². The molecule has 0 saturated heterocycles. The number of hydrogen-bond acceptors (Lipinski definition) is 7. The zero-order chi connectivity index (χ0) is 26.4. The second kappa shape index (κ2) is 9.21. The number of imidazole rings is 1. The number of rotatable bonds is 7. The molecule has 0 unspecified atom stereocenters. The van der Waals surface area contributed by atoms with Crippen LogP contribution in [0.25, 0.3) is 38.6 Å². The van der Waals surface area contributed by atoms with Gasteiger partial charge in [-0.1, -0.05) is 35.6 Å². The van der Waals surface area contributed by atoms with Gasteiger partial charge in [-0.05, 0) is 36.2 Å². The summed E-state index contributed by atoms with van der Waals surface area (Å²) in [5.41, 5.74) is 5.02. The largest absolute Gasteiger partial charge is 0.496 e. The van der Waals surface area contributed by atoms with Gasteiger partial charge in [-0.3, -0.25) is 4.98 Å². The van der Waals surface area contributed by atoms with Gasteiger partial charge in [0.05, 0.1) is 24.4 Å². The zero-order valence-corrected chi connectivity index (χ0v) is 21.6. The Morgan fingerprint density at radius 1 is 1.08 bits per heavy atom. The minimum absolute atomic E-state index is 0.293. The average molecular weight is 533 g/mol. The van der Waals surface area contributed by atoms with E-state index >= 15 is 0 Å². The third kappa shape index (κ3) is 4.58. The molecule has 2 aromatic carbocycles. The Bertz CT molecular complexity index is 1740. The van der Waals surface area contributed by atoms with Gasteiger partial charge in [-0.25, -0.2) is 9.50 Å². The summed E-state index contributed by atoms with van der Waals surface area (Å²) in [5, 5.41) is 4.40. The first-order valence-corrected chi connectivity index (χ1v) is 12.6. The predicted molar refractivity (Wildman–Crippen MR) is 141 cm³/mol. The molecule has 38 heavy (non-hydrogen) atoms. The molecule has 0 N–H and O–H groups in total. The van der Waals surface area contributed by atoms with E-state index in [2.05, 4.69) is 21.1 Å². The Morgan fingerprint density at radius 2 is 1.95 bits per heavy atom. The van der Waals surface area contributed by atoms with Crippen molar-refractivity contribution in [3.63, 3.8) is 0 Å². The van der Waals surface area contributed by atoms with Crippen LogP contribution < -0.4 is 9.47 Å². The number of pyridine rings is 1. The number of aryl methyl sites for hydroxylation is 1. The normalized spacial score (nSPS) is 11.9. The Morgan fingerprint density at radius 3 is 2.68 bits per heavy atom. The van der Waals surface area contributed by atoms with E-state index in [9.17, 15) is 8.78 Å². The predicted octanol–water partition coefficient (Wildman–Crippen LogP) is 7.27. The SMILES string of the molecule is COc1cc(OCc2cccc(-c3ccc(C)cn3)c2)c2cc(-c3cn4nc(C(C)(F)F)sc4n3)oc2c1. The Labute approximate surface area is 220 Å². The maximum atomic E-state index is 13.6. The highest BCUT2D eigenvalue weighted by Gasteiger charge is 2.30. The van der Waals surface area contributed by atoms with Gasteiger partial charge in [0.15, 0.2) is 10.8 Å². The molecule has 0 bridgehead atoms. The summed E-state index contributed by atoms with van der Waals surface area (Å²) < 4.78 is 46.3. The van der Waals surface area contributed by atoms with E-state index < -0.39 is 5.92 Å². The summed E-state index contributed by atoms with van der Waals surface area (Å²) in [6, 6.07) is 17.5. The van der Waals surface area contributed by atoms with Crippen LogP contribution in [0.5, 0.6) is 11.5 Å². The lowest BCUT2D eigenvalue weighted by Gasteiger charge is -2.10. The first-order valence-electron chi connectivity index (χ1n) is 11.8. The van der Waals surface area contributed by atoms with E-state index in [1.807, 2.05) is 49.5 Å². The summed E-state index contributed by atoms with van der Waals surface area (Å²) in [6.45, 7) is 3.14. The molecule has 0 amide bonds. The van der Waals surface area contributed by atoms with Crippen molar-refractivity contribution >= 4 is 27.3 Å². The quantitative estimate of drug-likeness (QED) is 0.215. The maximum absolute atomic E-state index is 13.6. The molecule has 0 aliphatic heterocycles. The van der Waals surface area contributed by atoms with E-state index in [0.29, 0.717) is 40.1 Å². The number of aromatic nitrogens is 4. The highest BCUT2D eigenvalue weighted by molar-refractivity contribution is 7.16. The smallest absolute Gasteiger partial charge is 0.298 e. The molecule has 0 aliphatic rings. The van der Waals surface area contributed by atoms with Crippen molar-refractivity contribution in [1.29, 1.82) is 0 Å². The van der Waals surface area contributed by atoms with Crippen molar-refractivity contribution < 1.29 is 22.7 Å². The minimum atomic E-state index is -3.02.